The maximum atomic E-state index is 12.7. The molecule has 1 amide bonds. The molecule has 1 heterocycles. The lowest BCUT2D eigenvalue weighted by Crippen LogP contribution is -2.39. The number of amides is 1. The first kappa shape index (κ1) is 21.6. The normalized spacial score (nSPS) is 15.2. The quantitative estimate of drug-likeness (QED) is 0.537. The van der Waals surface area contributed by atoms with Crippen LogP contribution in [0.4, 0.5) is 0 Å². The van der Waals surface area contributed by atoms with Gasteiger partial charge < -0.3 is 5.32 Å². The highest BCUT2D eigenvalue weighted by Crippen LogP contribution is 2.40. The third-order valence-electron chi connectivity index (χ3n) is 6.30. The van der Waals surface area contributed by atoms with E-state index >= 15 is 0 Å². The highest BCUT2D eigenvalue weighted by atomic mass is 32.2. The number of hydrogen-bond donors (Lipinski definition) is 1. The van der Waals surface area contributed by atoms with E-state index in [1.807, 2.05) is 11.5 Å². The zero-order valence-electron chi connectivity index (χ0n) is 18.5. The second-order valence-electron chi connectivity index (χ2n) is 8.57. The molecule has 0 saturated heterocycles. The third-order valence-corrected chi connectivity index (χ3v) is 7.23. The molecule has 2 aromatic carbocycles. The van der Waals surface area contributed by atoms with Gasteiger partial charge in [0, 0.05) is 12.0 Å². The van der Waals surface area contributed by atoms with Gasteiger partial charge in [0.05, 0.1) is 11.4 Å². The van der Waals surface area contributed by atoms with E-state index in [9.17, 15) is 4.79 Å². The van der Waals surface area contributed by atoms with E-state index in [1.54, 1.807) is 0 Å². The topological polar surface area (TPSA) is 59.8 Å². The van der Waals surface area contributed by atoms with Crippen LogP contribution in [0.2, 0.25) is 0 Å². The second-order valence-corrected chi connectivity index (χ2v) is 9.52. The van der Waals surface area contributed by atoms with Crippen LogP contribution in [0.5, 0.6) is 0 Å². The van der Waals surface area contributed by atoms with E-state index in [1.165, 1.54) is 35.7 Å². The minimum absolute atomic E-state index is 0.0420. The third kappa shape index (κ3) is 4.69. The number of carbonyl (C=O) groups is 1. The van der Waals surface area contributed by atoms with Crippen molar-refractivity contribution < 1.29 is 4.79 Å². The molecule has 1 aliphatic rings. The second kappa shape index (κ2) is 9.27. The SMILES string of the molecule is Cc1ccc(C)c(-n2c(C)nnc2SCC(=O)NCC2(c3ccccc3)CCCC2)c1. The molecular weight excluding hydrogens is 404 g/mol. The summed E-state index contributed by atoms with van der Waals surface area (Å²) in [6.45, 7) is 6.80. The van der Waals surface area contributed by atoms with E-state index in [4.69, 9.17) is 0 Å². The van der Waals surface area contributed by atoms with E-state index < -0.39 is 0 Å². The largest absolute Gasteiger partial charge is 0.354 e. The van der Waals surface area contributed by atoms with E-state index in [0.29, 0.717) is 12.3 Å². The fourth-order valence-electron chi connectivity index (χ4n) is 4.53. The van der Waals surface area contributed by atoms with Crippen molar-refractivity contribution >= 4 is 17.7 Å². The van der Waals surface area contributed by atoms with Crippen LogP contribution in [0.15, 0.2) is 53.7 Å². The molecule has 6 heteroatoms. The van der Waals surface area contributed by atoms with Gasteiger partial charge >= 0.3 is 0 Å². The molecule has 0 atom stereocenters. The van der Waals surface area contributed by atoms with Gasteiger partial charge in [0.15, 0.2) is 5.16 Å². The fraction of sp³-hybridized carbons (Fsp3) is 0.400. The molecule has 1 aromatic heterocycles. The van der Waals surface area contributed by atoms with Crippen LogP contribution in [-0.4, -0.2) is 33.0 Å². The molecular formula is C25H30N4OS. The van der Waals surface area contributed by atoms with Gasteiger partial charge in [-0.25, -0.2) is 0 Å². The summed E-state index contributed by atoms with van der Waals surface area (Å²) in [6, 6.07) is 17.0. The zero-order chi connectivity index (χ0) is 21.8. The Morgan fingerprint density at radius 3 is 2.55 bits per heavy atom. The molecule has 1 fully saturated rings. The number of aryl methyl sites for hydroxylation is 3. The van der Waals surface area contributed by atoms with Crippen LogP contribution in [-0.2, 0) is 10.2 Å². The number of benzene rings is 2. The first-order valence-electron chi connectivity index (χ1n) is 10.9. The Balaban J connectivity index is 1.43. The maximum absolute atomic E-state index is 12.7. The lowest BCUT2D eigenvalue weighted by Gasteiger charge is -2.30. The summed E-state index contributed by atoms with van der Waals surface area (Å²) in [4.78, 5) is 12.7. The van der Waals surface area contributed by atoms with Crippen LogP contribution in [0.25, 0.3) is 5.69 Å². The number of aromatic nitrogens is 3. The van der Waals surface area contributed by atoms with Crippen LogP contribution < -0.4 is 5.32 Å². The van der Waals surface area contributed by atoms with Crippen LogP contribution in [0, 0.1) is 20.8 Å². The Hall–Kier alpha value is -2.60. The Morgan fingerprint density at radius 2 is 1.81 bits per heavy atom. The van der Waals surface area contributed by atoms with Crippen molar-refractivity contribution in [1.82, 2.24) is 20.1 Å². The Morgan fingerprint density at radius 1 is 1.06 bits per heavy atom. The van der Waals surface area contributed by atoms with E-state index in [-0.39, 0.29) is 11.3 Å². The number of hydrogen-bond acceptors (Lipinski definition) is 4. The average molecular weight is 435 g/mol. The fourth-order valence-corrected chi connectivity index (χ4v) is 5.35. The lowest BCUT2D eigenvalue weighted by atomic mass is 9.79. The Bertz CT molecular complexity index is 1050. The van der Waals surface area contributed by atoms with Crippen LogP contribution in [0.3, 0.4) is 0 Å². The van der Waals surface area contributed by atoms with Gasteiger partial charge in [-0.05, 0) is 56.4 Å². The van der Waals surface area contributed by atoms with Gasteiger partial charge in [-0.3, -0.25) is 9.36 Å². The van der Waals surface area contributed by atoms with Crippen molar-refractivity contribution in [2.24, 2.45) is 0 Å². The van der Waals surface area contributed by atoms with Crippen molar-refractivity contribution in [3.8, 4) is 5.69 Å². The molecule has 1 aliphatic carbocycles. The van der Waals surface area contributed by atoms with E-state index in [0.717, 1.165) is 35.1 Å². The van der Waals surface area contributed by atoms with Crippen LogP contribution >= 0.6 is 11.8 Å². The van der Waals surface area contributed by atoms with Crippen molar-refractivity contribution in [3.05, 3.63) is 71.0 Å². The van der Waals surface area contributed by atoms with Gasteiger partial charge in [-0.2, -0.15) is 0 Å². The lowest BCUT2D eigenvalue weighted by molar-refractivity contribution is -0.118. The summed E-state index contributed by atoms with van der Waals surface area (Å²) in [7, 11) is 0. The van der Waals surface area contributed by atoms with Gasteiger partial charge in [0.25, 0.3) is 0 Å². The van der Waals surface area contributed by atoms with Gasteiger partial charge in [0.2, 0.25) is 5.91 Å². The molecule has 0 aliphatic heterocycles. The standard InChI is InChI=1S/C25H30N4OS/c1-18-11-12-19(2)22(15-18)29-20(3)27-28-24(29)31-16-23(30)26-17-25(13-7-8-14-25)21-9-5-4-6-10-21/h4-6,9-12,15H,7-8,13-14,16-17H2,1-3H3,(H,26,30). The van der Waals surface area contributed by atoms with Gasteiger partial charge in [0.1, 0.15) is 5.82 Å². The molecule has 31 heavy (non-hydrogen) atoms. The predicted molar refractivity (Wildman–Crippen MR) is 126 cm³/mol. The molecule has 5 nitrogen and oxygen atoms in total. The molecule has 0 radical (unpaired) electrons. The zero-order valence-corrected chi connectivity index (χ0v) is 19.3. The number of thioether (sulfide) groups is 1. The first-order chi connectivity index (χ1) is 15.0. The predicted octanol–water partition coefficient (Wildman–Crippen LogP) is 4.91. The molecule has 0 spiro atoms. The van der Waals surface area contributed by atoms with Gasteiger partial charge in [-0.15, -0.1) is 10.2 Å². The van der Waals surface area contributed by atoms with Gasteiger partial charge in [-0.1, -0.05) is 67.1 Å². The van der Waals surface area contributed by atoms with Crippen molar-refractivity contribution in [1.29, 1.82) is 0 Å². The van der Waals surface area contributed by atoms with Crippen molar-refractivity contribution in [3.63, 3.8) is 0 Å². The summed E-state index contributed by atoms with van der Waals surface area (Å²) >= 11 is 1.44. The molecule has 1 N–H and O–H groups in total. The number of nitrogens with zero attached hydrogens (tertiary/aromatic N) is 3. The number of nitrogens with one attached hydrogen (secondary N) is 1. The first-order valence-corrected chi connectivity index (χ1v) is 11.9. The van der Waals surface area contributed by atoms with Crippen LogP contribution in [0.1, 0.15) is 48.2 Å². The summed E-state index contributed by atoms with van der Waals surface area (Å²) in [5, 5.41) is 12.5. The number of rotatable bonds is 7. The molecule has 0 unspecified atom stereocenters. The average Bonchev–Trinajstić information content (AvgIpc) is 3.41. The molecule has 1 saturated carbocycles. The molecule has 4 rings (SSSR count). The molecule has 0 bridgehead atoms. The summed E-state index contributed by atoms with van der Waals surface area (Å²) in [5.74, 6) is 1.19. The minimum atomic E-state index is 0.0420. The molecule has 162 valence electrons. The van der Waals surface area contributed by atoms with E-state index in [2.05, 4.69) is 77.9 Å². The maximum Gasteiger partial charge on any atom is 0.230 e. The summed E-state index contributed by atoms with van der Waals surface area (Å²) in [6.07, 6.45) is 4.70. The monoisotopic (exact) mass is 434 g/mol. The Labute approximate surface area is 188 Å². The Kier molecular flexibility index (Phi) is 6.46. The summed E-state index contributed by atoms with van der Waals surface area (Å²) in [5.41, 5.74) is 4.82. The van der Waals surface area contributed by atoms with Crippen molar-refractivity contribution in [2.45, 2.75) is 57.0 Å². The minimum Gasteiger partial charge on any atom is -0.354 e. The smallest absolute Gasteiger partial charge is 0.230 e. The highest BCUT2D eigenvalue weighted by Gasteiger charge is 2.35. The summed E-state index contributed by atoms with van der Waals surface area (Å²) < 4.78 is 2.04. The number of carbonyl (C=O) groups excluding carboxylic acids is 1. The molecule has 3 aromatic rings. The highest BCUT2D eigenvalue weighted by molar-refractivity contribution is 7.99. The van der Waals surface area contributed by atoms with Crippen molar-refractivity contribution in [2.75, 3.05) is 12.3 Å².